The van der Waals surface area contributed by atoms with Crippen molar-refractivity contribution in [2.75, 3.05) is 19.1 Å². The summed E-state index contributed by atoms with van der Waals surface area (Å²) in [5.74, 6) is -0.752. The molecule has 2 heterocycles. The Hall–Kier alpha value is -3.58. The van der Waals surface area contributed by atoms with Crippen LogP contribution in [0.3, 0.4) is 0 Å². The van der Waals surface area contributed by atoms with Crippen LogP contribution >= 0.6 is 11.3 Å². The highest BCUT2D eigenvalue weighted by molar-refractivity contribution is 7.10. The number of anilines is 1. The molecule has 1 aliphatic rings. The van der Waals surface area contributed by atoms with Gasteiger partial charge in [0.25, 0.3) is 11.7 Å². The van der Waals surface area contributed by atoms with Crippen molar-refractivity contribution in [1.82, 2.24) is 0 Å². The Morgan fingerprint density at radius 1 is 1.00 bits per heavy atom. The number of aliphatic hydroxyl groups is 1. The first kappa shape index (κ1) is 20.7. The summed E-state index contributed by atoms with van der Waals surface area (Å²) in [6, 6.07) is 15.1. The average molecular weight is 436 g/mol. The van der Waals surface area contributed by atoms with Crippen molar-refractivity contribution in [3.05, 3.63) is 81.6 Å². The third-order valence-corrected chi connectivity index (χ3v) is 6.36. The number of para-hydroxylation sites is 1. The summed E-state index contributed by atoms with van der Waals surface area (Å²) in [6.07, 6.45) is 0. The van der Waals surface area contributed by atoms with Gasteiger partial charge in [0.15, 0.2) is 11.5 Å². The highest BCUT2D eigenvalue weighted by Crippen LogP contribution is 2.45. The molecule has 1 N–H and O–H groups in total. The molecule has 0 aliphatic carbocycles. The van der Waals surface area contributed by atoms with E-state index in [-0.39, 0.29) is 11.3 Å². The lowest BCUT2D eigenvalue weighted by Gasteiger charge is -2.25. The number of methoxy groups -OCH3 is 2. The number of aryl methyl sites for hydroxylation is 1. The first-order valence-corrected chi connectivity index (χ1v) is 10.5. The lowest BCUT2D eigenvalue weighted by Crippen LogP contribution is -2.29. The molecule has 158 valence electrons. The summed E-state index contributed by atoms with van der Waals surface area (Å²) in [4.78, 5) is 28.5. The molecule has 3 aromatic rings. The minimum atomic E-state index is -0.728. The van der Waals surface area contributed by atoms with Gasteiger partial charge >= 0.3 is 0 Å². The van der Waals surface area contributed by atoms with Gasteiger partial charge in [-0.05, 0) is 54.3 Å². The molecule has 0 radical (unpaired) electrons. The molecule has 2 aromatic carbocycles. The summed E-state index contributed by atoms with van der Waals surface area (Å²) >= 11 is 1.44. The van der Waals surface area contributed by atoms with Gasteiger partial charge in [0.05, 0.1) is 19.8 Å². The second kappa shape index (κ2) is 8.28. The van der Waals surface area contributed by atoms with Crippen LogP contribution < -0.4 is 14.4 Å². The van der Waals surface area contributed by atoms with E-state index in [9.17, 15) is 14.7 Å². The standard InChI is InChI=1S/C24H21NO5S/c1-14-11-12-31-23(14)20-19(21(26)15-9-10-17(29-2)18(13-15)30-3)22(27)24(28)25(20)16-7-5-4-6-8-16/h4-13,20,26H,1-3H3/b21-19-. The Morgan fingerprint density at radius 3 is 2.32 bits per heavy atom. The molecule has 1 aliphatic heterocycles. The minimum absolute atomic E-state index is 0.0478. The van der Waals surface area contributed by atoms with Crippen LogP contribution in [0, 0.1) is 6.92 Å². The maximum atomic E-state index is 13.1. The normalized spacial score (nSPS) is 17.8. The Bertz CT molecular complexity index is 1180. The lowest BCUT2D eigenvalue weighted by molar-refractivity contribution is -0.132. The van der Waals surface area contributed by atoms with E-state index in [1.807, 2.05) is 24.4 Å². The zero-order chi connectivity index (χ0) is 22.1. The predicted octanol–water partition coefficient (Wildman–Crippen LogP) is 4.70. The third kappa shape index (κ3) is 3.47. The monoisotopic (exact) mass is 435 g/mol. The van der Waals surface area contributed by atoms with E-state index in [1.54, 1.807) is 42.5 Å². The number of nitrogens with zero attached hydrogens (tertiary/aromatic N) is 1. The SMILES string of the molecule is COc1ccc(/C(O)=C2/C(=O)C(=O)N(c3ccccc3)C2c2sccc2C)cc1OC. The smallest absolute Gasteiger partial charge is 0.300 e. The predicted molar refractivity (Wildman–Crippen MR) is 120 cm³/mol. The van der Waals surface area contributed by atoms with Crippen molar-refractivity contribution in [2.24, 2.45) is 0 Å². The van der Waals surface area contributed by atoms with E-state index in [1.165, 1.54) is 30.5 Å². The quantitative estimate of drug-likeness (QED) is 0.357. The van der Waals surface area contributed by atoms with E-state index in [2.05, 4.69) is 0 Å². The van der Waals surface area contributed by atoms with Gasteiger partial charge in [-0.1, -0.05) is 18.2 Å². The van der Waals surface area contributed by atoms with Gasteiger partial charge in [-0.3, -0.25) is 14.5 Å². The van der Waals surface area contributed by atoms with Crippen molar-refractivity contribution in [3.63, 3.8) is 0 Å². The number of hydrogen-bond donors (Lipinski definition) is 1. The summed E-state index contributed by atoms with van der Waals surface area (Å²) in [5.41, 5.74) is 1.94. The van der Waals surface area contributed by atoms with Gasteiger partial charge in [-0.2, -0.15) is 0 Å². The van der Waals surface area contributed by atoms with Crippen LogP contribution in [-0.4, -0.2) is 31.0 Å². The maximum absolute atomic E-state index is 13.1. The molecule has 1 aromatic heterocycles. The fourth-order valence-corrected chi connectivity index (χ4v) is 4.76. The molecular formula is C24H21NO5S. The topological polar surface area (TPSA) is 76.1 Å². The average Bonchev–Trinajstić information content (AvgIpc) is 3.33. The van der Waals surface area contributed by atoms with Crippen molar-refractivity contribution < 1.29 is 24.2 Å². The number of Topliss-reactive ketones (excluding diaryl/α,β-unsaturated/α-hetero) is 1. The fraction of sp³-hybridized carbons (Fsp3) is 0.167. The number of benzene rings is 2. The summed E-state index contributed by atoms with van der Waals surface area (Å²) < 4.78 is 10.6. The number of ketones is 1. The zero-order valence-electron chi connectivity index (χ0n) is 17.3. The van der Waals surface area contributed by atoms with Crippen molar-refractivity contribution in [3.8, 4) is 11.5 Å². The van der Waals surface area contributed by atoms with Crippen molar-refractivity contribution >= 4 is 34.5 Å². The molecule has 4 rings (SSSR count). The van der Waals surface area contributed by atoms with Crippen LogP contribution in [0.25, 0.3) is 5.76 Å². The van der Waals surface area contributed by atoms with E-state index in [0.717, 1.165) is 10.4 Å². The molecule has 1 unspecified atom stereocenters. The molecule has 0 saturated carbocycles. The van der Waals surface area contributed by atoms with Gasteiger partial charge < -0.3 is 14.6 Å². The second-order valence-electron chi connectivity index (χ2n) is 7.04. The van der Waals surface area contributed by atoms with Gasteiger partial charge in [-0.15, -0.1) is 11.3 Å². The van der Waals surface area contributed by atoms with Crippen LogP contribution in [0.15, 0.2) is 65.6 Å². The molecule has 6 nitrogen and oxygen atoms in total. The molecule has 1 saturated heterocycles. The number of carbonyl (C=O) groups is 2. The number of amides is 1. The van der Waals surface area contributed by atoms with Gasteiger partial charge in [0, 0.05) is 16.1 Å². The van der Waals surface area contributed by atoms with E-state index in [0.29, 0.717) is 22.7 Å². The number of carbonyl (C=O) groups excluding carboxylic acids is 2. The van der Waals surface area contributed by atoms with Gasteiger partial charge in [-0.25, -0.2) is 0 Å². The summed E-state index contributed by atoms with van der Waals surface area (Å²) in [6.45, 7) is 1.92. The summed E-state index contributed by atoms with van der Waals surface area (Å²) in [5, 5.41) is 13.1. The highest BCUT2D eigenvalue weighted by atomic mass is 32.1. The zero-order valence-corrected chi connectivity index (χ0v) is 18.1. The van der Waals surface area contributed by atoms with Crippen molar-refractivity contribution in [1.29, 1.82) is 0 Å². The van der Waals surface area contributed by atoms with Crippen LogP contribution in [0.4, 0.5) is 5.69 Å². The first-order valence-electron chi connectivity index (χ1n) is 9.60. The summed E-state index contributed by atoms with van der Waals surface area (Å²) in [7, 11) is 3.01. The number of ether oxygens (including phenoxy) is 2. The van der Waals surface area contributed by atoms with Crippen LogP contribution in [0.2, 0.25) is 0 Å². The Labute approximate surface area is 184 Å². The maximum Gasteiger partial charge on any atom is 0.300 e. The molecule has 1 atom stereocenters. The highest BCUT2D eigenvalue weighted by Gasteiger charge is 2.47. The molecule has 1 amide bonds. The van der Waals surface area contributed by atoms with E-state index in [4.69, 9.17) is 9.47 Å². The van der Waals surface area contributed by atoms with Gasteiger partial charge in [0.1, 0.15) is 11.8 Å². The number of rotatable bonds is 5. The molecule has 7 heteroatoms. The van der Waals surface area contributed by atoms with Crippen LogP contribution in [-0.2, 0) is 9.59 Å². The molecule has 0 bridgehead atoms. The second-order valence-corrected chi connectivity index (χ2v) is 7.99. The number of hydrogen-bond acceptors (Lipinski definition) is 6. The molecule has 31 heavy (non-hydrogen) atoms. The minimum Gasteiger partial charge on any atom is -0.507 e. The van der Waals surface area contributed by atoms with E-state index < -0.39 is 17.7 Å². The fourth-order valence-electron chi connectivity index (χ4n) is 3.74. The number of thiophene rings is 1. The van der Waals surface area contributed by atoms with Crippen LogP contribution in [0.5, 0.6) is 11.5 Å². The Balaban J connectivity index is 1.94. The molecule has 0 spiro atoms. The first-order chi connectivity index (χ1) is 15.0. The molecular weight excluding hydrogens is 414 g/mol. The largest absolute Gasteiger partial charge is 0.507 e. The Kier molecular flexibility index (Phi) is 5.52. The Morgan fingerprint density at radius 2 is 1.71 bits per heavy atom. The third-order valence-electron chi connectivity index (χ3n) is 5.29. The molecule has 1 fully saturated rings. The number of aliphatic hydroxyl groups excluding tert-OH is 1. The van der Waals surface area contributed by atoms with E-state index >= 15 is 0 Å². The van der Waals surface area contributed by atoms with Crippen LogP contribution in [0.1, 0.15) is 22.0 Å². The van der Waals surface area contributed by atoms with Crippen molar-refractivity contribution in [2.45, 2.75) is 13.0 Å². The van der Waals surface area contributed by atoms with Gasteiger partial charge in [0.2, 0.25) is 0 Å². The lowest BCUT2D eigenvalue weighted by atomic mass is 9.98.